The second-order valence-electron chi connectivity index (χ2n) is 9.90. The number of aromatic nitrogens is 5. The number of aryl methyl sites for hydroxylation is 1. The van der Waals surface area contributed by atoms with Crippen LogP contribution in [0.4, 0.5) is 23.0 Å². The van der Waals surface area contributed by atoms with Crippen LogP contribution in [0.5, 0.6) is 5.88 Å². The van der Waals surface area contributed by atoms with Gasteiger partial charge in [-0.15, -0.1) is 0 Å². The quantitative estimate of drug-likeness (QED) is 0.208. The van der Waals surface area contributed by atoms with E-state index in [0.29, 0.717) is 34.4 Å². The number of anilines is 4. The Labute approximate surface area is 253 Å². The van der Waals surface area contributed by atoms with Crippen LogP contribution in [0.25, 0.3) is 5.82 Å². The molecule has 0 saturated carbocycles. The first-order valence-corrected chi connectivity index (χ1v) is 13.9. The molecular weight excluding hydrogens is 574 g/mol. The highest BCUT2D eigenvalue weighted by atomic mass is 35.5. The number of benzene rings is 1. The number of nitrogens with one attached hydrogen (secondary N) is 4. The lowest BCUT2D eigenvalue weighted by molar-refractivity contribution is 0.0956. The number of carbonyl (C=O) groups excluding carboxylic acids is 2. The fourth-order valence-corrected chi connectivity index (χ4v) is 4.57. The molecule has 1 aliphatic heterocycles. The van der Waals surface area contributed by atoms with Crippen molar-refractivity contribution >= 4 is 46.4 Å². The lowest BCUT2D eigenvalue weighted by Crippen LogP contribution is -2.47. The number of rotatable bonds is 9. The summed E-state index contributed by atoms with van der Waals surface area (Å²) in [5.74, 6) is 1.04. The number of amides is 2. The molecule has 1 saturated heterocycles. The van der Waals surface area contributed by atoms with Crippen LogP contribution in [0, 0.1) is 6.92 Å². The zero-order valence-electron chi connectivity index (χ0n) is 24.2. The van der Waals surface area contributed by atoms with Gasteiger partial charge in [0.25, 0.3) is 11.8 Å². The minimum atomic E-state index is -0.384. The van der Waals surface area contributed by atoms with Crippen LogP contribution in [0.1, 0.15) is 26.4 Å². The SMILES string of the molecule is CNC(=O)c1cc(Nc2cc(NC(=O)c3cc(Cl)nc(OC)c3)ccc2C)n(-c2cc(NN3CCN(C)CC3)ncn2)n1. The van der Waals surface area contributed by atoms with E-state index in [1.165, 1.54) is 30.3 Å². The van der Waals surface area contributed by atoms with Crippen molar-refractivity contribution in [3.63, 3.8) is 0 Å². The zero-order chi connectivity index (χ0) is 30.5. The van der Waals surface area contributed by atoms with Crippen LogP contribution in [0.15, 0.2) is 48.8 Å². The van der Waals surface area contributed by atoms with Crippen molar-refractivity contribution in [1.82, 2.24) is 40.0 Å². The summed E-state index contributed by atoms with van der Waals surface area (Å²) in [4.78, 5) is 40.5. The first-order valence-electron chi connectivity index (χ1n) is 13.5. The molecule has 1 fully saturated rings. The average Bonchev–Trinajstić information content (AvgIpc) is 3.43. The van der Waals surface area contributed by atoms with Gasteiger partial charge in [0.15, 0.2) is 11.5 Å². The monoisotopic (exact) mass is 605 g/mol. The number of hydrazine groups is 1. The number of hydrogen-bond donors (Lipinski definition) is 4. The molecule has 3 aromatic heterocycles. The van der Waals surface area contributed by atoms with Crippen LogP contribution >= 0.6 is 11.6 Å². The van der Waals surface area contributed by atoms with Gasteiger partial charge in [0.05, 0.1) is 7.11 Å². The number of carbonyl (C=O) groups is 2. The van der Waals surface area contributed by atoms with Gasteiger partial charge >= 0.3 is 0 Å². The fourth-order valence-electron chi connectivity index (χ4n) is 4.37. The summed E-state index contributed by atoms with van der Waals surface area (Å²) in [7, 11) is 5.08. The minimum absolute atomic E-state index is 0.141. The van der Waals surface area contributed by atoms with Crippen molar-refractivity contribution < 1.29 is 14.3 Å². The third-order valence-electron chi connectivity index (χ3n) is 6.81. The maximum absolute atomic E-state index is 13.0. The molecule has 0 aliphatic carbocycles. The topological polar surface area (TPSA) is 154 Å². The fraction of sp³-hybridized carbons (Fsp3) is 0.286. The summed E-state index contributed by atoms with van der Waals surface area (Å²) >= 11 is 6.04. The molecule has 1 aromatic carbocycles. The van der Waals surface area contributed by atoms with Crippen molar-refractivity contribution in [2.24, 2.45) is 0 Å². The molecule has 0 radical (unpaired) electrons. The molecule has 0 bridgehead atoms. The van der Waals surface area contributed by atoms with Gasteiger partial charge in [-0.25, -0.2) is 20.0 Å². The van der Waals surface area contributed by atoms with Crippen molar-refractivity contribution in [3.05, 3.63) is 70.8 Å². The van der Waals surface area contributed by atoms with Gasteiger partial charge in [0.1, 0.15) is 23.1 Å². The normalized spacial score (nSPS) is 13.8. The number of hydrogen-bond acceptors (Lipinski definition) is 11. The predicted molar refractivity (Wildman–Crippen MR) is 163 cm³/mol. The van der Waals surface area contributed by atoms with Crippen LogP contribution in [-0.4, -0.2) is 93.8 Å². The Bertz CT molecular complexity index is 1640. The highest BCUT2D eigenvalue weighted by molar-refractivity contribution is 6.30. The summed E-state index contributed by atoms with van der Waals surface area (Å²) < 4.78 is 6.66. The molecule has 4 heterocycles. The van der Waals surface area contributed by atoms with Crippen LogP contribution in [0.3, 0.4) is 0 Å². The molecular formula is C28H32ClN11O3. The van der Waals surface area contributed by atoms with Gasteiger partial charge in [-0.3, -0.25) is 9.59 Å². The van der Waals surface area contributed by atoms with E-state index in [1.807, 2.05) is 13.0 Å². The Morgan fingerprint density at radius 1 is 1.00 bits per heavy atom. The average molecular weight is 606 g/mol. The number of methoxy groups -OCH3 is 1. The van der Waals surface area contributed by atoms with Crippen LogP contribution in [-0.2, 0) is 0 Å². The molecule has 0 atom stereocenters. The standard InChI is InChI=1S/C28H32ClN11O3/c1-17-5-6-19(33-27(41)18-11-22(29)35-26(12-18)43-4)13-20(17)34-25-14-21(28(42)30-2)36-40(25)24-15-23(31-16-32-24)37-39-9-7-38(3)8-10-39/h5-6,11-16,34H,7-10H2,1-4H3,(H,30,42)(H,33,41)(H,31,32,37). The molecule has 43 heavy (non-hydrogen) atoms. The Morgan fingerprint density at radius 2 is 1.79 bits per heavy atom. The van der Waals surface area contributed by atoms with Gasteiger partial charge in [0.2, 0.25) is 5.88 Å². The van der Waals surface area contributed by atoms with E-state index >= 15 is 0 Å². The van der Waals surface area contributed by atoms with E-state index in [9.17, 15) is 9.59 Å². The molecule has 14 nitrogen and oxygen atoms in total. The second kappa shape index (κ2) is 13.0. The summed E-state index contributed by atoms with van der Waals surface area (Å²) in [5, 5.41) is 15.6. The molecule has 5 rings (SSSR count). The maximum Gasteiger partial charge on any atom is 0.271 e. The van der Waals surface area contributed by atoms with E-state index in [4.69, 9.17) is 16.3 Å². The number of likely N-dealkylation sites (N-methyl/N-ethyl adjacent to an activating group) is 1. The van der Waals surface area contributed by atoms with E-state index in [2.05, 4.69) is 58.4 Å². The Hall–Kier alpha value is -4.79. The van der Waals surface area contributed by atoms with Crippen molar-refractivity contribution in [1.29, 1.82) is 0 Å². The third-order valence-corrected chi connectivity index (χ3v) is 7.01. The van der Waals surface area contributed by atoms with Gasteiger partial charge in [-0.05, 0) is 37.7 Å². The lowest BCUT2D eigenvalue weighted by atomic mass is 10.1. The van der Waals surface area contributed by atoms with Crippen molar-refractivity contribution in [3.8, 4) is 11.7 Å². The summed E-state index contributed by atoms with van der Waals surface area (Å²) in [6.07, 6.45) is 1.44. The molecule has 4 N–H and O–H groups in total. The molecule has 1 aliphatic rings. The van der Waals surface area contributed by atoms with Crippen LogP contribution < -0.4 is 26.1 Å². The molecule has 0 unspecified atom stereocenters. The summed E-state index contributed by atoms with van der Waals surface area (Å²) in [6, 6.07) is 11.8. The smallest absolute Gasteiger partial charge is 0.271 e. The Morgan fingerprint density at radius 3 is 2.53 bits per heavy atom. The highest BCUT2D eigenvalue weighted by Gasteiger charge is 2.19. The maximum atomic E-state index is 13.0. The number of pyridine rings is 1. The Balaban J connectivity index is 1.41. The zero-order valence-corrected chi connectivity index (χ0v) is 24.9. The lowest BCUT2D eigenvalue weighted by Gasteiger charge is -2.32. The molecule has 0 spiro atoms. The predicted octanol–water partition coefficient (Wildman–Crippen LogP) is 2.96. The molecule has 224 valence electrons. The van der Waals surface area contributed by atoms with Gasteiger partial charge < -0.3 is 31.0 Å². The van der Waals surface area contributed by atoms with Crippen molar-refractivity contribution in [2.75, 3.05) is 63.4 Å². The van der Waals surface area contributed by atoms with Gasteiger partial charge in [-0.1, -0.05) is 17.7 Å². The minimum Gasteiger partial charge on any atom is -0.481 e. The van der Waals surface area contributed by atoms with Gasteiger partial charge in [-0.2, -0.15) is 9.78 Å². The van der Waals surface area contributed by atoms with Gasteiger partial charge in [0, 0.05) is 68.4 Å². The third kappa shape index (κ3) is 7.17. The van der Waals surface area contributed by atoms with E-state index in [-0.39, 0.29) is 28.5 Å². The second-order valence-corrected chi connectivity index (χ2v) is 10.3. The first-order chi connectivity index (χ1) is 20.7. The summed E-state index contributed by atoms with van der Waals surface area (Å²) in [5.41, 5.74) is 5.93. The number of nitrogens with zero attached hydrogens (tertiary/aromatic N) is 7. The largest absolute Gasteiger partial charge is 0.481 e. The van der Waals surface area contributed by atoms with E-state index in [1.54, 1.807) is 31.3 Å². The first kappa shape index (κ1) is 29.7. The molecule has 4 aromatic rings. The molecule has 2 amide bonds. The van der Waals surface area contributed by atoms with E-state index < -0.39 is 0 Å². The molecule has 15 heteroatoms. The van der Waals surface area contributed by atoms with Crippen LogP contribution in [0.2, 0.25) is 5.15 Å². The number of halogens is 1. The van der Waals surface area contributed by atoms with E-state index in [0.717, 1.165) is 31.7 Å². The van der Waals surface area contributed by atoms with Crippen molar-refractivity contribution in [2.45, 2.75) is 6.92 Å². The summed E-state index contributed by atoms with van der Waals surface area (Å²) in [6.45, 7) is 5.50. The number of piperazine rings is 1. The Kier molecular flexibility index (Phi) is 8.99. The highest BCUT2D eigenvalue weighted by Crippen LogP contribution is 2.27. The number of ether oxygens (including phenoxy) is 1.